The second-order valence-electron chi connectivity index (χ2n) is 7.16. The van der Waals surface area contributed by atoms with Crippen molar-refractivity contribution in [3.05, 3.63) is 72.3 Å². The van der Waals surface area contributed by atoms with Crippen LogP contribution in [-0.2, 0) is 11.3 Å². The Bertz CT molecular complexity index is 880. The molecule has 0 aliphatic carbocycles. The number of rotatable bonds is 7. The van der Waals surface area contributed by atoms with Crippen LogP contribution in [0.5, 0.6) is 0 Å². The highest BCUT2D eigenvalue weighted by Crippen LogP contribution is 2.24. The zero-order valence-electron chi connectivity index (χ0n) is 16.2. The molecule has 1 aliphatic rings. The fourth-order valence-electron chi connectivity index (χ4n) is 3.41. The van der Waals surface area contributed by atoms with Crippen LogP contribution in [0.4, 0.5) is 11.8 Å². The van der Waals surface area contributed by atoms with Gasteiger partial charge in [-0.1, -0.05) is 60.7 Å². The molecule has 0 saturated carbocycles. The van der Waals surface area contributed by atoms with Crippen molar-refractivity contribution in [1.82, 2.24) is 9.97 Å². The molecule has 1 aliphatic heterocycles. The third kappa shape index (κ3) is 4.67. The Morgan fingerprint density at radius 1 is 1.04 bits per heavy atom. The number of ether oxygens (including phenoxy) is 1. The van der Waals surface area contributed by atoms with Gasteiger partial charge < -0.3 is 15.0 Å². The molecule has 1 N–H and O–H groups in total. The van der Waals surface area contributed by atoms with Crippen molar-refractivity contribution in [3.63, 3.8) is 0 Å². The zero-order valence-corrected chi connectivity index (χ0v) is 16.2. The number of aromatic nitrogens is 2. The summed E-state index contributed by atoms with van der Waals surface area (Å²) in [5, 5.41) is 3.38. The maximum absolute atomic E-state index is 5.72. The van der Waals surface area contributed by atoms with Crippen LogP contribution in [0.1, 0.15) is 18.4 Å². The van der Waals surface area contributed by atoms with Crippen LogP contribution < -0.4 is 10.2 Å². The predicted octanol–water partition coefficient (Wildman–Crippen LogP) is 4.37. The van der Waals surface area contributed by atoms with Gasteiger partial charge in [0.15, 0.2) is 0 Å². The molecule has 0 bridgehead atoms. The van der Waals surface area contributed by atoms with Crippen LogP contribution >= 0.6 is 0 Å². The van der Waals surface area contributed by atoms with Crippen molar-refractivity contribution >= 4 is 11.8 Å². The third-order valence-electron chi connectivity index (χ3n) is 4.95. The zero-order chi connectivity index (χ0) is 19.2. The van der Waals surface area contributed by atoms with Crippen LogP contribution in [0.3, 0.4) is 0 Å². The summed E-state index contributed by atoms with van der Waals surface area (Å²) in [6.45, 7) is 2.37. The molecule has 28 heavy (non-hydrogen) atoms. The van der Waals surface area contributed by atoms with Crippen molar-refractivity contribution in [3.8, 4) is 11.3 Å². The lowest BCUT2D eigenvalue weighted by Gasteiger charge is -2.20. The summed E-state index contributed by atoms with van der Waals surface area (Å²) in [5.74, 6) is 1.54. The quantitative estimate of drug-likeness (QED) is 0.665. The van der Waals surface area contributed by atoms with Gasteiger partial charge in [-0.15, -0.1) is 0 Å². The highest BCUT2D eigenvalue weighted by atomic mass is 16.5. The number of hydrogen-bond donors (Lipinski definition) is 1. The van der Waals surface area contributed by atoms with Crippen molar-refractivity contribution in [2.45, 2.75) is 25.5 Å². The minimum atomic E-state index is 0.245. The van der Waals surface area contributed by atoms with Gasteiger partial charge in [0.25, 0.3) is 0 Å². The number of benzene rings is 2. The average molecular weight is 374 g/mol. The van der Waals surface area contributed by atoms with Crippen LogP contribution in [0, 0.1) is 0 Å². The van der Waals surface area contributed by atoms with E-state index in [-0.39, 0.29) is 6.10 Å². The lowest BCUT2D eigenvalue weighted by Crippen LogP contribution is -2.22. The Morgan fingerprint density at radius 3 is 2.50 bits per heavy atom. The molecule has 4 rings (SSSR count). The van der Waals surface area contributed by atoms with E-state index < -0.39 is 0 Å². The molecule has 1 atom stereocenters. The van der Waals surface area contributed by atoms with E-state index in [1.807, 2.05) is 24.3 Å². The lowest BCUT2D eigenvalue weighted by molar-refractivity contribution is 0.120. The Labute approximate surface area is 166 Å². The Balaban J connectivity index is 1.59. The van der Waals surface area contributed by atoms with Crippen molar-refractivity contribution in [2.24, 2.45) is 0 Å². The molecule has 2 aromatic carbocycles. The fraction of sp³-hybridized carbons (Fsp3) is 0.304. The maximum Gasteiger partial charge on any atom is 0.225 e. The first-order chi connectivity index (χ1) is 13.8. The summed E-state index contributed by atoms with van der Waals surface area (Å²) in [5.41, 5.74) is 3.25. The topological polar surface area (TPSA) is 50.3 Å². The van der Waals surface area contributed by atoms with E-state index in [9.17, 15) is 0 Å². The Hall–Kier alpha value is -2.92. The number of anilines is 2. The van der Waals surface area contributed by atoms with E-state index in [2.05, 4.69) is 59.7 Å². The minimum absolute atomic E-state index is 0.245. The molecule has 0 spiro atoms. The first kappa shape index (κ1) is 18.4. The van der Waals surface area contributed by atoms with Gasteiger partial charge in [-0.2, -0.15) is 4.98 Å². The first-order valence-electron chi connectivity index (χ1n) is 9.83. The summed E-state index contributed by atoms with van der Waals surface area (Å²) in [7, 11) is 2.06. The summed E-state index contributed by atoms with van der Waals surface area (Å²) in [4.78, 5) is 11.7. The van der Waals surface area contributed by atoms with Crippen LogP contribution in [0.15, 0.2) is 66.7 Å². The molecule has 3 aromatic rings. The monoisotopic (exact) mass is 374 g/mol. The highest BCUT2D eigenvalue weighted by molar-refractivity contribution is 5.64. The molecule has 0 radical (unpaired) electrons. The number of hydrogen-bond acceptors (Lipinski definition) is 5. The molecule has 2 heterocycles. The summed E-state index contributed by atoms with van der Waals surface area (Å²) >= 11 is 0. The summed E-state index contributed by atoms with van der Waals surface area (Å²) in [6.07, 6.45) is 2.46. The second-order valence-corrected chi connectivity index (χ2v) is 7.16. The summed E-state index contributed by atoms with van der Waals surface area (Å²) in [6, 6.07) is 22.7. The molecule has 5 heteroatoms. The first-order valence-corrected chi connectivity index (χ1v) is 9.83. The molecule has 0 amide bonds. The number of nitrogens with one attached hydrogen (secondary N) is 1. The predicted molar refractivity (Wildman–Crippen MR) is 113 cm³/mol. The van der Waals surface area contributed by atoms with Crippen molar-refractivity contribution in [2.75, 3.05) is 30.4 Å². The molecule has 5 nitrogen and oxygen atoms in total. The normalized spacial score (nSPS) is 16.1. The second kappa shape index (κ2) is 8.85. The SMILES string of the molecule is CN(Cc1ccccc1)c1cc(-c2ccccc2)nc(NCC2CCCO2)n1. The molecule has 1 fully saturated rings. The molecule has 144 valence electrons. The Morgan fingerprint density at radius 2 is 1.79 bits per heavy atom. The van der Waals surface area contributed by atoms with Gasteiger partial charge in [0.1, 0.15) is 5.82 Å². The molecular formula is C23H26N4O. The average Bonchev–Trinajstić information content (AvgIpc) is 3.27. The van der Waals surface area contributed by atoms with Gasteiger partial charge in [-0.25, -0.2) is 4.98 Å². The molecule has 1 unspecified atom stereocenters. The standard InChI is InChI=1S/C23H26N4O/c1-27(17-18-9-4-2-5-10-18)22-15-21(19-11-6-3-7-12-19)25-23(26-22)24-16-20-13-8-14-28-20/h2-7,9-12,15,20H,8,13-14,16-17H2,1H3,(H,24,25,26). The van der Waals surface area contributed by atoms with E-state index >= 15 is 0 Å². The van der Waals surface area contributed by atoms with E-state index in [1.165, 1.54) is 5.56 Å². The molecule has 1 saturated heterocycles. The van der Waals surface area contributed by atoms with Gasteiger partial charge in [0, 0.05) is 38.4 Å². The van der Waals surface area contributed by atoms with E-state index in [4.69, 9.17) is 14.7 Å². The van der Waals surface area contributed by atoms with E-state index in [0.29, 0.717) is 5.95 Å². The lowest BCUT2D eigenvalue weighted by atomic mass is 10.1. The molecule has 1 aromatic heterocycles. The number of nitrogens with zero attached hydrogens (tertiary/aromatic N) is 3. The van der Waals surface area contributed by atoms with Crippen molar-refractivity contribution < 1.29 is 4.74 Å². The van der Waals surface area contributed by atoms with Gasteiger partial charge in [0.05, 0.1) is 11.8 Å². The maximum atomic E-state index is 5.72. The van der Waals surface area contributed by atoms with E-state index in [1.54, 1.807) is 0 Å². The Kier molecular flexibility index (Phi) is 5.83. The minimum Gasteiger partial charge on any atom is -0.376 e. The van der Waals surface area contributed by atoms with Crippen LogP contribution in [0.25, 0.3) is 11.3 Å². The smallest absolute Gasteiger partial charge is 0.225 e. The van der Waals surface area contributed by atoms with E-state index in [0.717, 1.165) is 49.6 Å². The van der Waals surface area contributed by atoms with Crippen molar-refractivity contribution in [1.29, 1.82) is 0 Å². The fourth-order valence-corrected chi connectivity index (χ4v) is 3.41. The van der Waals surface area contributed by atoms with Crippen LogP contribution in [0.2, 0.25) is 0 Å². The molecular weight excluding hydrogens is 348 g/mol. The van der Waals surface area contributed by atoms with Crippen LogP contribution in [-0.4, -0.2) is 36.3 Å². The largest absolute Gasteiger partial charge is 0.376 e. The van der Waals surface area contributed by atoms with Gasteiger partial charge >= 0.3 is 0 Å². The van der Waals surface area contributed by atoms with Gasteiger partial charge in [0.2, 0.25) is 5.95 Å². The van der Waals surface area contributed by atoms with Gasteiger partial charge in [-0.3, -0.25) is 0 Å². The highest BCUT2D eigenvalue weighted by Gasteiger charge is 2.16. The third-order valence-corrected chi connectivity index (χ3v) is 4.95. The summed E-state index contributed by atoms with van der Waals surface area (Å²) < 4.78 is 5.72. The van der Waals surface area contributed by atoms with Gasteiger partial charge in [-0.05, 0) is 18.4 Å².